The zero-order chi connectivity index (χ0) is 25.5. The van der Waals surface area contributed by atoms with Gasteiger partial charge in [-0.1, -0.05) is 47.2 Å². The molecule has 36 heavy (non-hydrogen) atoms. The Kier molecular flexibility index (Phi) is 7.83. The van der Waals surface area contributed by atoms with Crippen molar-refractivity contribution in [3.8, 4) is 23.3 Å². The fourth-order valence-electron chi connectivity index (χ4n) is 3.43. The van der Waals surface area contributed by atoms with Gasteiger partial charge in [0, 0.05) is 0 Å². The zero-order valence-corrected chi connectivity index (χ0v) is 21.0. The van der Waals surface area contributed by atoms with Crippen LogP contribution in [0.25, 0.3) is 16.3 Å². The number of aromatic nitrogens is 1. The molecule has 1 heterocycles. The van der Waals surface area contributed by atoms with Crippen LogP contribution in [0.5, 0.6) is 17.2 Å². The van der Waals surface area contributed by atoms with Gasteiger partial charge in [0.2, 0.25) is 0 Å². The van der Waals surface area contributed by atoms with Crippen LogP contribution in [0, 0.1) is 18.3 Å². The molecule has 3 aromatic carbocycles. The van der Waals surface area contributed by atoms with Crippen molar-refractivity contribution in [3.63, 3.8) is 0 Å². The quantitative estimate of drug-likeness (QED) is 0.220. The number of nitriles is 1. The maximum Gasteiger partial charge on any atom is 0.268 e. The van der Waals surface area contributed by atoms with Crippen LogP contribution < -0.4 is 19.5 Å². The topological polar surface area (TPSA) is 93.5 Å². The SMILES string of the molecule is CCOc1ccc2nc(NC(=O)C(C#N)=Cc3ccc(OCc4ccc(C)cc4)c(OC)c3)sc2c1. The van der Waals surface area contributed by atoms with Crippen molar-refractivity contribution in [2.45, 2.75) is 20.5 Å². The first kappa shape index (κ1) is 24.8. The van der Waals surface area contributed by atoms with Gasteiger partial charge in [0.1, 0.15) is 24.0 Å². The Morgan fingerprint density at radius 1 is 1.08 bits per heavy atom. The molecule has 0 unspecified atom stereocenters. The number of methoxy groups -OCH3 is 1. The average Bonchev–Trinajstić information content (AvgIpc) is 3.28. The van der Waals surface area contributed by atoms with Gasteiger partial charge in [0.05, 0.1) is 23.9 Å². The minimum atomic E-state index is -0.541. The van der Waals surface area contributed by atoms with Crippen molar-refractivity contribution in [1.82, 2.24) is 4.98 Å². The molecule has 1 aromatic heterocycles. The molecule has 0 bridgehead atoms. The van der Waals surface area contributed by atoms with E-state index >= 15 is 0 Å². The van der Waals surface area contributed by atoms with Crippen LogP contribution in [-0.2, 0) is 11.4 Å². The number of carbonyl (C=O) groups is 1. The molecular weight excluding hydrogens is 474 g/mol. The zero-order valence-electron chi connectivity index (χ0n) is 20.2. The molecule has 4 rings (SSSR count). The summed E-state index contributed by atoms with van der Waals surface area (Å²) in [5, 5.41) is 12.7. The predicted octanol–water partition coefficient (Wildman–Crippen LogP) is 6.14. The van der Waals surface area contributed by atoms with E-state index in [1.54, 1.807) is 25.3 Å². The molecular formula is C28H25N3O4S. The molecule has 1 amide bonds. The number of nitrogens with one attached hydrogen (secondary N) is 1. The van der Waals surface area contributed by atoms with Crippen molar-refractivity contribution >= 4 is 38.7 Å². The van der Waals surface area contributed by atoms with Crippen molar-refractivity contribution in [2.24, 2.45) is 0 Å². The highest BCUT2D eigenvalue weighted by Gasteiger charge is 2.14. The van der Waals surface area contributed by atoms with Gasteiger partial charge in [0.25, 0.3) is 5.91 Å². The molecule has 0 fully saturated rings. The first-order valence-electron chi connectivity index (χ1n) is 11.3. The number of rotatable bonds is 9. The molecule has 0 radical (unpaired) electrons. The van der Waals surface area contributed by atoms with Crippen LogP contribution in [0.4, 0.5) is 5.13 Å². The summed E-state index contributed by atoms with van der Waals surface area (Å²) in [6.45, 7) is 4.91. The van der Waals surface area contributed by atoms with Crippen LogP contribution in [0.2, 0.25) is 0 Å². The molecule has 182 valence electrons. The molecule has 7 nitrogen and oxygen atoms in total. The predicted molar refractivity (Wildman–Crippen MR) is 142 cm³/mol. The number of hydrogen-bond acceptors (Lipinski definition) is 7. The molecule has 1 N–H and O–H groups in total. The first-order valence-corrected chi connectivity index (χ1v) is 12.1. The monoisotopic (exact) mass is 499 g/mol. The lowest BCUT2D eigenvalue weighted by atomic mass is 10.1. The van der Waals surface area contributed by atoms with Gasteiger partial charge in [-0.3, -0.25) is 10.1 Å². The molecule has 8 heteroatoms. The number of amides is 1. The molecule has 0 saturated heterocycles. The second-order valence-corrected chi connectivity index (χ2v) is 8.92. The Morgan fingerprint density at radius 3 is 2.61 bits per heavy atom. The van der Waals surface area contributed by atoms with E-state index in [1.165, 1.54) is 23.0 Å². The lowest BCUT2D eigenvalue weighted by Gasteiger charge is -2.12. The fourth-order valence-corrected chi connectivity index (χ4v) is 4.32. The normalized spacial score (nSPS) is 11.1. The van der Waals surface area contributed by atoms with Crippen LogP contribution in [0.15, 0.2) is 66.2 Å². The Bertz CT molecular complexity index is 1450. The maximum absolute atomic E-state index is 12.8. The van der Waals surface area contributed by atoms with Crippen LogP contribution in [-0.4, -0.2) is 24.6 Å². The number of aryl methyl sites for hydroxylation is 1. The number of benzene rings is 3. The lowest BCUT2D eigenvalue weighted by Crippen LogP contribution is -2.13. The molecule has 0 spiro atoms. The van der Waals surface area contributed by atoms with E-state index in [9.17, 15) is 10.1 Å². The summed E-state index contributed by atoms with van der Waals surface area (Å²) in [4.78, 5) is 17.2. The van der Waals surface area contributed by atoms with E-state index < -0.39 is 5.91 Å². The largest absolute Gasteiger partial charge is 0.494 e. The molecule has 0 saturated carbocycles. The Balaban J connectivity index is 1.48. The van der Waals surface area contributed by atoms with Gasteiger partial charge in [0.15, 0.2) is 16.6 Å². The number of thiazole rings is 1. The van der Waals surface area contributed by atoms with Gasteiger partial charge in [-0.25, -0.2) is 4.98 Å². The number of nitrogens with zero attached hydrogens (tertiary/aromatic N) is 2. The number of carbonyl (C=O) groups excluding carboxylic acids is 1. The molecule has 0 aliphatic heterocycles. The van der Waals surface area contributed by atoms with E-state index in [4.69, 9.17) is 14.2 Å². The minimum absolute atomic E-state index is 0.0559. The van der Waals surface area contributed by atoms with E-state index in [0.717, 1.165) is 21.5 Å². The Hall–Kier alpha value is -4.35. The lowest BCUT2D eigenvalue weighted by molar-refractivity contribution is -0.112. The highest BCUT2D eigenvalue weighted by molar-refractivity contribution is 7.22. The number of fused-ring (bicyclic) bond motifs is 1. The molecule has 0 aliphatic carbocycles. The van der Waals surface area contributed by atoms with Gasteiger partial charge in [-0.2, -0.15) is 5.26 Å². The summed E-state index contributed by atoms with van der Waals surface area (Å²) >= 11 is 1.32. The van der Waals surface area contributed by atoms with E-state index in [2.05, 4.69) is 10.3 Å². The second kappa shape index (κ2) is 11.4. The Labute approximate surface area is 213 Å². The summed E-state index contributed by atoms with van der Waals surface area (Å²) in [6, 6.07) is 20.9. The molecule has 0 aliphatic rings. The average molecular weight is 500 g/mol. The van der Waals surface area contributed by atoms with E-state index in [-0.39, 0.29) is 5.57 Å². The van der Waals surface area contributed by atoms with Crippen molar-refractivity contribution < 1.29 is 19.0 Å². The van der Waals surface area contributed by atoms with Gasteiger partial charge < -0.3 is 14.2 Å². The maximum atomic E-state index is 12.8. The summed E-state index contributed by atoms with van der Waals surface area (Å²) in [5.74, 6) is 1.27. The van der Waals surface area contributed by atoms with Crippen LogP contribution >= 0.6 is 11.3 Å². The standard InChI is InChI=1S/C28H25N3O4S/c1-4-34-22-10-11-23-26(15-22)36-28(30-23)31-27(32)21(16-29)13-20-9-12-24(25(14-20)33-3)35-17-19-7-5-18(2)6-8-19/h5-15H,4,17H2,1-3H3,(H,30,31,32). The van der Waals surface area contributed by atoms with Crippen molar-refractivity contribution in [3.05, 3.63) is 82.9 Å². The van der Waals surface area contributed by atoms with E-state index in [1.807, 2.05) is 62.4 Å². The molecule has 4 aromatic rings. The smallest absolute Gasteiger partial charge is 0.268 e. The third-order valence-corrected chi connectivity index (χ3v) is 6.20. The van der Waals surface area contributed by atoms with Crippen molar-refractivity contribution in [1.29, 1.82) is 5.26 Å². The van der Waals surface area contributed by atoms with Crippen LogP contribution in [0.3, 0.4) is 0 Å². The van der Waals surface area contributed by atoms with Crippen LogP contribution in [0.1, 0.15) is 23.6 Å². The van der Waals surface area contributed by atoms with Gasteiger partial charge >= 0.3 is 0 Å². The van der Waals surface area contributed by atoms with Crippen molar-refractivity contribution in [2.75, 3.05) is 19.0 Å². The number of hydrogen-bond donors (Lipinski definition) is 1. The Morgan fingerprint density at radius 2 is 1.89 bits per heavy atom. The minimum Gasteiger partial charge on any atom is -0.494 e. The summed E-state index contributed by atoms with van der Waals surface area (Å²) in [5.41, 5.74) is 3.54. The highest BCUT2D eigenvalue weighted by atomic mass is 32.1. The highest BCUT2D eigenvalue weighted by Crippen LogP contribution is 2.31. The summed E-state index contributed by atoms with van der Waals surface area (Å²) in [6.07, 6.45) is 1.50. The van der Waals surface area contributed by atoms with E-state index in [0.29, 0.717) is 35.4 Å². The third-order valence-electron chi connectivity index (χ3n) is 5.27. The summed E-state index contributed by atoms with van der Waals surface area (Å²) in [7, 11) is 1.55. The molecule has 0 atom stereocenters. The van der Waals surface area contributed by atoms with Gasteiger partial charge in [-0.05, 0) is 61.4 Å². The second-order valence-electron chi connectivity index (χ2n) is 7.89. The first-order chi connectivity index (χ1) is 17.5. The third kappa shape index (κ3) is 6.01. The fraction of sp³-hybridized carbons (Fsp3) is 0.179. The number of anilines is 1. The number of ether oxygens (including phenoxy) is 3. The van der Waals surface area contributed by atoms with Gasteiger partial charge in [-0.15, -0.1) is 0 Å². The summed E-state index contributed by atoms with van der Waals surface area (Å²) < 4.78 is 17.8.